The Hall–Kier alpha value is -2.74. The molecule has 0 spiro atoms. The minimum atomic E-state index is -1.21. The van der Waals surface area contributed by atoms with Gasteiger partial charge in [-0.15, -0.1) is 0 Å². The molecule has 0 amide bonds. The molecule has 5 heteroatoms. The predicted octanol–water partition coefficient (Wildman–Crippen LogP) is 5.27. The first-order valence-electron chi connectivity index (χ1n) is 9.23. The summed E-state index contributed by atoms with van der Waals surface area (Å²) >= 11 is 0. The lowest BCUT2D eigenvalue weighted by Crippen LogP contribution is -2.05. The Morgan fingerprint density at radius 1 is 1.19 bits per heavy atom. The van der Waals surface area contributed by atoms with E-state index >= 15 is 0 Å². The van der Waals surface area contributed by atoms with Crippen LogP contribution in [-0.2, 0) is 12.8 Å². The number of carboxylic acid groups (broad SMARTS) is 1. The van der Waals surface area contributed by atoms with E-state index in [9.17, 15) is 20.1 Å². The maximum absolute atomic E-state index is 11.6. The van der Waals surface area contributed by atoms with Crippen molar-refractivity contribution in [2.75, 3.05) is 0 Å². The summed E-state index contributed by atoms with van der Waals surface area (Å²) in [4.78, 5) is 11.6. The highest BCUT2D eigenvalue weighted by Crippen LogP contribution is 2.35. The predicted molar refractivity (Wildman–Crippen MR) is 106 cm³/mol. The Labute approximate surface area is 161 Å². The van der Waals surface area contributed by atoms with Gasteiger partial charge >= 0.3 is 5.97 Å². The number of aromatic carboxylic acids is 1. The Bertz CT molecular complexity index is 765. The molecule has 1 aromatic carbocycles. The van der Waals surface area contributed by atoms with Gasteiger partial charge in [-0.2, -0.15) is 5.26 Å². The number of carboxylic acids is 1. The minimum absolute atomic E-state index is 0.0962. The van der Waals surface area contributed by atoms with Crippen molar-refractivity contribution in [3.8, 4) is 17.6 Å². The van der Waals surface area contributed by atoms with Gasteiger partial charge in [0.2, 0.25) is 0 Å². The zero-order chi connectivity index (χ0) is 20.4. The Kier molecular flexibility index (Phi) is 9.15. The summed E-state index contributed by atoms with van der Waals surface area (Å²) in [6, 6.07) is 3.47. The molecule has 0 heterocycles. The summed E-state index contributed by atoms with van der Waals surface area (Å²) in [5.74, 6) is -1.68. The van der Waals surface area contributed by atoms with E-state index in [2.05, 4.69) is 6.08 Å². The Morgan fingerprint density at radius 2 is 1.89 bits per heavy atom. The monoisotopic (exact) mass is 371 g/mol. The van der Waals surface area contributed by atoms with Crippen molar-refractivity contribution in [2.45, 2.75) is 65.7 Å². The zero-order valence-electron chi connectivity index (χ0n) is 16.4. The van der Waals surface area contributed by atoms with Crippen LogP contribution >= 0.6 is 0 Å². The quantitative estimate of drug-likeness (QED) is 0.384. The highest BCUT2D eigenvalue weighted by Gasteiger charge is 2.21. The fourth-order valence-electron chi connectivity index (χ4n) is 2.87. The van der Waals surface area contributed by atoms with E-state index in [-0.39, 0.29) is 29.0 Å². The number of carbonyl (C=O) groups is 1. The van der Waals surface area contributed by atoms with Crippen molar-refractivity contribution in [1.82, 2.24) is 0 Å². The lowest BCUT2D eigenvalue weighted by molar-refractivity contribution is 0.0692. The normalized spacial score (nSPS) is 11.1. The maximum Gasteiger partial charge on any atom is 0.339 e. The van der Waals surface area contributed by atoms with Gasteiger partial charge in [-0.1, -0.05) is 23.3 Å². The van der Waals surface area contributed by atoms with Gasteiger partial charge in [-0.25, -0.2) is 4.79 Å². The first-order chi connectivity index (χ1) is 12.8. The van der Waals surface area contributed by atoms with Crippen LogP contribution in [0.3, 0.4) is 0 Å². The number of hydrogen-bond acceptors (Lipinski definition) is 4. The highest BCUT2D eigenvalue weighted by atomic mass is 16.4. The van der Waals surface area contributed by atoms with Gasteiger partial charge in [0, 0.05) is 12.0 Å². The summed E-state index contributed by atoms with van der Waals surface area (Å²) < 4.78 is 0. The Balaban J connectivity index is 3.01. The standard InChI is InChI=1S/C22H29NO4/c1-15(2)8-7-9-16(3)11-12-18-19(24)14-17(10-5-4-6-13-23)20(21(18)25)22(26)27/h8,11,14,24-25H,4-7,9-10,12H2,1-3H3,(H,26,27)/b16-11+. The van der Waals surface area contributed by atoms with Gasteiger partial charge in [0.25, 0.3) is 0 Å². The van der Waals surface area contributed by atoms with Crippen molar-refractivity contribution in [1.29, 1.82) is 5.26 Å². The number of hydrogen-bond donors (Lipinski definition) is 3. The fraction of sp³-hybridized carbons (Fsp3) is 0.455. The number of rotatable bonds is 10. The maximum atomic E-state index is 11.6. The van der Waals surface area contributed by atoms with Crippen LogP contribution in [0.4, 0.5) is 0 Å². The molecule has 0 aromatic heterocycles. The van der Waals surface area contributed by atoms with Crippen LogP contribution in [-0.4, -0.2) is 21.3 Å². The van der Waals surface area contributed by atoms with Gasteiger partial charge < -0.3 is 15.3 Å². The van der Waals surface area contributed by atoms with E-state index in [1.54, 1.807) is 0 Å². The molecule has 27 heavy (non-hydrogen) atoms. The van der Waals surface area contributed by atoms with Gasteiger partial charge in [0.1, 0.15) is 17.1 Å². The van der Waals surface area contributed by atoms with E-state index < -0.39 is 5.97 Å². The molecular weight excluding hydrogens is 342 g/mol. The third-order valence-corrected chi connectivity index (χ3v) is 4.41. The molecule has 0 aliphatic rings. The molecule has 0 radical (unpaired) electrons. The molecule has 0 atom stereocenters. The van der Waals surface area contributed by atoms with Gasteiger partial charge in [-0.05, 0) is 70.9 Å². The molecule has 0 unspecified atom stereocenters. The van der Waals surface area contributed by atoms with Crippen LogP contribution in [0.1, 0.15) is 74.4 Å². The van der Waals surface area contributed by atoms with Gasteiger partial charge in [0.05, 0.1) is 6.07 Å². The summed E-state index contributed by atoms with van der Waals surface area (Å²) in [6.07, 6.45) is 8.18. The third-order valence-electron chi connectivity index (χ3n) is 4.41. The van der Waals surface area contributed by atoms with Crippen molar-refractivity contribution in [3.05, 3.63) is 46.1 Å². The second kappa shape index (κ2) is 11.1. The second-order valence-electron chi connectivity index (χ2n) is 7.00. The summed E-state index contributed by atoms with van der Waals surface area (Å²) in [6.45, 7) is 6.07. The van der Waals surface area contributed by atoms with Crippen LogP contribution in [0.5, 0.6) is 11.5 Å². The molecule has 1 aromatic rings. The average Bonchev–Trinajstić information content (AvgIpc) is 2.57. The van der Waals surface area contributed by atoms with Gasteiger partial charge in [0.15, 0.2) is 0 Å². The number of allylic oxidation sites excluding steroid dienone is 4. The van der Waals surface area contributed by atoms with Crippen LogP contribution in [0.25, 0.3) is 0 Å². The second-order valence-corrected chi connectivity index (χ2v) is 7.00. The molecular formula is C22H29NO4. The lowest BCUT2D eigenvalue weighted by Gasteiger charge is -2.14. The largest absolute Gasteiger partial charge is 0.508 e. The molecule has 1 rings (SSSR count). The van der Waals surface area contributed by atoms with Crippen molar-refractivity contribution < 1.29 is 20.1 Å². The number of nitriles is 1. The van der Waals surface area contributed by atoms with E-state index in [4.69, 9.17) is 5.26 Å². The third kappa shape index (κ3) is 7.18. The van der Waals surface area contributed by atoms with Crippen molar-refractivity contribution in [2.24, 2.45) is 0 Å². The summed E-state index contributed by atoms with van der Waals surface area (Å²) in [7, 11) is 0. The smallest absolute Gasteiger partial charge is 0.339 e. The SMILES string of the molecule is CC(C)=CCC/C(C)=C/Cc1c(O)cc(CCCCC#N)c(C(=O)O)c1O. The number of benzene rings is 1. The lowest BCUT2D eigenvalue weighted by atomic mass is 9.95. The molecule has 0 fully saturated rings. The fourth-order valence-corrected chi connectivity index (χ4v) is 2.87. The number of unbranched alkanes of at least 4 members (excludes halogenated alkanes) is 2. The van der Waals surface area contributed by atoms with E-state index in [0.717, 1.165) is 18.4 Å². The van der Waals surface area contributed by atoms with Crippen molar-refractivity contribution >= 4 is 5.97 Å². The molecule has 0 saturated heterocycles. The first kappa shape index (κ1) is 22.3. The molecule has 3 N–H and O–H groups in total. The van der Waals surface area contributed by atoms with E-state index in [1.165, 1.54) is 11.6 Å². The molecule has 0 aliphatic heterocycles. The van der Waals surface area contributed by atoms with Crippen LogP contribution in [0.15, 0.2) is 29.4 Å². The number of aryl methyl sites for hydroxylation is 1. The molecule has 146 valence electrons. The van der Waals surface area contributed by atoms with Crippen LogP contribution < -0.4 is 0 Å². The first-order valence-corrected chi connectivity index (χ1v) is 9.23. The number of nitrogens with zero attached hydrogens (tertiary/aromatic N) is 1. The highest BCUT2D eigenvalue weighted by molar-refractivity contribution is 5.93. The molecule has 0 saturated carbocycles. The Morgan fingerprint density at radius 3 is 2.48 bits per heavy atom. The van der Waals surface area contributed by atoms with Crippen molar-refractivity contribution in [3.63, 3.8) is 0 Å². The van der Waals surface area contributed by atoms with Crippen LogP contribution in [0, 0.1) is 11.3 Å². The minimum Gasteiger partial charge on any atom is -0.508 e. The van der Waals surface area contributed by atoms with Crippen LogP contribution in [0.2, 0.25) is 0 Å². The molecule has 0 aliphatic carbocycles. The van der Waals surface area contributed by atoms with E-state index in [1.807, 2.05) is 32.9 Å². The number of aromatic hydroxyl groups is 2. The van der Waals surface area contributed by atoms with E-state index in [0.29, 0.717) is 31.2 Å². The number of phenolic OH excluding ortho intramolecular Hbond substituents is 1. The molecule has 0 bridgehead atoms. The summed E-state index contributed by atoms with van der Waals surface area (Å²) in [5.41, 5.74) is 2.84. The molecule has 5 nitrogen and oxygen atoms in total. The zero-order valence-corrected chi connectivity index (χ0v) is 16.4. The average molecular weight is 371 g/mol. The van der Waals surface area contributed by atoms with Gasteiger partial charge in [-0.3, -0.25) is 0 Å². The number of phenols is 2. The summed E-state index contributed by atoms with van der Waals surface area (Å²) in [5, 5.41) is 38.8. The topological polar surface area (TPSA) is 102 Å².